The quantitative estimate of drug-likeness (QED) is 0.442. The summed E-state index contributed by atoms with van der Waals surface area (Å²) in [5.74, 6) is 0.843. The molecule has 0 fully saturated rings. The molecule has 0 atom stereocenters. The van der Waals surface area contributed by atoms with Gasteiger partial charge in [-0.15, -0.1) is 0 Å². The fourth-order valence-electron chi connectivity index (χ4n) is 1.39. The summed E-state index contributed by atoms with van der Waals surface area (Å²) in [5.41, 5.74) is 0. The summed E-state index contributed by atoms with van der Waals surface area (Å²) in [6.07, 6.45) is 6.40. The average molecular weight is 191 g/mol. The van der Waals surface area contributed by atoms with Crippen molar-refractivity contribution < 1.29 is 4.79 Å². The largest absolute Gasteiger partial charge is 0.281 e. The van der Waals surface area contributed by atoms with Crippen LogP contribution in [0.15, 0.2) is 0 Å². The van der Waals surface area contributed by atoms with E-state index in [1.807, 2.05) is 0 Å². The third kappa shape index (κ3) is 6.66. The van der Waals surface area contributed by atoms with E-state index >= 15 is 0 Å². The maximum absolute atomic E-state index is 10.4. The lowest BCUT2D eigenvalue weighted by Gasteiger charge is -2.10. The number of rotatable bonds is 7. The summed E-state index contributed by atoms with van der Waals surface area (Å²) >= 11 is 5.22. The molecular formula is C10H19ClO. The van der Waals surface area contributed by atoms with Crippen LogP contribution in [0, 0.1) is 5.92 Å². The first-order chi connectivity index (χ1) is 5.70. The molecule has 0 saturated carbocycles. The van der Waals surface area contributed by atoms with E-state index in [0.717, 1.165) is 18.8 Å². The van der Waals surface area contributed by atoms with E-state index < -0.39 is 0 Å². The third-order valence-corrected chi connectivity index (χ3v) is 2.58. The van der Waals surface area contributed by atoms with Gasteiger partial charge in [0.2, 0.25) is 5.24 Å². The lowest BCUT2D eigenvalue weighted by molar-refractivity contribution is -0.111. The van der Waals surface area contributed by atoms with Crippen molar-refractivity contribution in [1.82, 2.24) is 0 Å². The van der Waals surface area contributed by atoms with Crippen LogP contribution >= 0.6 is 11.6 Å². The molecule has 0 aromatic rings. The molecule has 0 aliphatic carbocycles. The van der Waals surface area contributed by atoms with Crippen LogP contribution in [0.3, 0.4) is 0 Å². The minimum Gasteiger partial charge on any atom is -0.281 e. The Morgan fingerprint density at radius 1 is 1.25 bits per heavy atom. The molecule has 0 aromatic heterocycles. The fraction of sp³-hybridized carbons (Fsp3) is 0.900. The lowest BCUT2D eigenvalue weighted by Crippen LogP contribution is -1.97. The molecule has 0 unspecified atom stereocenters. The molecule has 0 aliphatic rings. The molecule has 12 heavy (non-hydrogen) atoms. The van der Waals surface area contributed by atoms with Gasteiger partial charge in [0.1, 0.15) is 0 Å². The molecular weight excluding hydrogens is 172 g/mol. The monoisotopic (exact) mass is 190 g/mol. The Hall–Kier alpha value is -0.0400. The molecule has 0 aliphatic heterocycles. The van der Waals surface area contributed by atoms with E-state index in [1.54, 1.807) is 0 Å². The first-order valence-corrected chi connectivity index (χ1v) is 5.26. The van der Waals surface area contributed by atoms with E-state index in [4.69, 9.17) is 11.6 Å². The molecule has 0 bridgehead atoms. The maximum Gasteiger partial charge on any atom is 0.221 e. The Kier molecular flexibility index (Phi) is 7.58. The molecule has 0 spiro atoms. The minimum absolute atomic E-state index is 0.195. The summed E-state index contributed by atoms with van der Waals surface area (Å²) in [6, 6.07) is 0. The second kappa shape index (κ2) is 7.60. The second-order valence-corrected chi connectivity index (χ2v) is 3.70. The Balaban J connectivity index is 3.23. The van der Waals surface area contributed by atoms with Crippen LogP contribution in [-0.2, 0) is 4.79 Å². The Bertz CT molecular complexity index is 119. The van der Waals surface area contributed by atoms with Gasteiger partial charge in [0.15, 0.2) is 0 Å². The maximum atomic E-state index is 10.4. The van der Waals surface area contributed by atoms with Crippen molar-refractivity contribution in [2.24, 2.45) is 5.92 Å². The van der Waals surface area contributed by atoms with Crippen LogP contribution in [0.4, 0.5) is 0 Å². The van der Waals surface area contributed by atoms with E-state index in [1.165, 1.54) is 19.3 Å². The van der Waals surface area contributed by atoms with Crippen LogP contribution in [0.1, 0.15) is 52.4 Å². The van der Waals surface area contributed by atoms with Crippen LogP contribution in [0.5, 0.6) is 0 Å². The van der Waals surface area contributed by atoms with Crippen molar-refractivity contribution in [2.75, 3.05) is 0 Å². The predicted molar refractivity (Wildman–Crippen MR) is 53.4 cm³/mol. The molecule has 0 N–H and O–H groups in total. The van der Waals surface area contributed by atoms with Gasteiger partial charge >= 0.3 is 0 Å². The Morgan fingerprint density at radius 3 is 2.25 bits per heavy atom. The highest BCUT2D eigenvalue weighted by molar-refractivity contribution is 6.63. The molecule has 0 aromatic carbocycles. The van der Waals surface area contributed by atoms with E-state index in [0.29, 0.717) is 6.42 Å². The number of carbonyl (C=O) groups is 1. The number of halogens is 1. The second-order valence-electron chi connectivity index (χ2n) is 3.28. The molecule has 2 heteroatoms. The highest BCUT2D eigenvalue weighted by Gasteiger charge is 2.03. The highest BCUT2D eigenvalue weighted by Crippen LogP contribution is 2.16. The topological polar surface area (TPSA) is 17.1 Å². The van der Waals surface area contributed by atoms with Crippen molar-refractivity contribution >= 4 is 16.8 Å². The zero-order valence-electron chi connectivity index (χ0n) is 8.11. The van der Waals surface area contributed by atoms with Crippen LogP contribution in [0.2, 0.25) is 0 Å². The van der Waals surface area contributed by atoms with Gasteiger partial charge in [0.05, 0.1) is 0 Å². The van der Waals surface area contributed by atoms with Gasteiger partial charge in [-0.3, -0.25) is 4.79 Å². The van der Waals surface area contributed by atoms with Crippen molar-refractivity contribution in [1.29, 1.82) is 0 Å². The van der Waals surface area contributed by atoms with Crippen LogP contribution in [-0.4, -0.2) is 5.24 Å². The summed E-state index contributed by atoms with van der Waals surface area (Å²) in [4.78, 5) is 10.4. The van der Waals surface area contributed by atoms with Gasteiger partial charge in [-0.1, -0.05) is 39.5 Å². The molecule has 0 saturated heterocycles. The Labute approximate surface area is 80.5 Å². The van der Waals surface area contributed by atoms with Crippen molar-refractivity contribution in [3.8, 4) is 0 Å². The van der Waals surface area contributed by atoms with Gasteiger partial charge < -0.3 is 0 Å². The van der Waals surface area contributed by atoms with Crippen LogP contribution < -0.4 is 0 Å². The third-order valence-electron chi connectivity index (χ3n) is 2.39. The molecule has 0 heterocycles. The SMILES string of the molecule is CCC(CC)CCCCC(=O)Cl. The Morgan fingerprint density at radius 2 is 1.83 bits per heavy atom. The van der Waals surface area contributed by atoms with Gasteiger partial charge in [0.25, 0.3) is 0 Å². The van der Waals surface area contributed by atoms with Gasteiger partial charge in [-0.05, 0) is 23.9 Å². The van der Waals surface area contributed by atoms with Crippen molar-refractivity contribution in [3.05, 3.63) is 0 Å². The number of unbranched alkanes of at least 4 members (excludes halogenated alkanes) is 1. The molecule has 0 amide bonds. The molecule has 0 rings (SSSR count). The molecule has 72 valence electrons. The smallest absolute Gasteiger partial charge is 0.221 e. The van der Waals surface area contributed by atoms with Crippen molar-refractivity contribution in [3.63, 3.8) is 0 Å². The summed E-state index contributed by atoms with van der Waals surface area (Å²) in [7, 11) is 0. The first kappa shape index (κ1) is 12.0. The fourth-order valence-corrected chi connectivity index (χ4v) is 1.53. The normalized spacial score (nSPS) is 10.7. The van der Waals surface area contributed by atoms with Gasteiger partial charge in [-0.2, -0.15) is 0 Å². The molecule has 1 nitrogen and oxygen atoms in total. The number of hydrogen-bond acceptors (Lipinski definition) is 1. The first-order valence-electron chi connectivity index (χ1n) is 4.89. The standard InChI is InChI=1S/C10H19ClO/c1-3-9(4-2)7-5-6-8-10(11)12/h9H,3-8H2,1-2H3. The van der Waals surface area contributed by atoms with E-state index in [2.05, 4.69) is 13.8 Å². The highest BCUT2D eigenvalue weighted by atomic mass is 35.5. The average Bonchev–Trinajstić information content (AvgIpc) is 2.04. The zero-order chi connectivity index (χ0) is 9.40. The lowest BCUT2D eigenvalue weighted by atomic mass is 9.96. The number of carbonyl (C=O) groups excluding carboxylic acids is 1. The van der Waals surface area contributed by atoms with E-state index in [-0.39, 0.29) is 5.24 Å². The number of hydrogen-bond donors (Lipinski definition) is 0. The summed E-state index contributed by atoms with van der Waals surface area (Å²) in [5, 5.41) is -0.195. The van der Waals surface area contributed by atoms with Crippen molar-refractivity contribution in [2.45, 2.75) is 52.4 Å². The van der Waals surface area contributed by atoms with Gasteiger partial charge in [0, 0.05) is 6.42 Å². The predicted octanol–water partition coefficient (Wildman–Crippen LogP) is 3.75. The summed E-state index contributed by atoms with van der Waals surface area (Å²) in [6.45, 7) is 4.45. The van der Waals surface area contributed by atoms with E-state index in [9.17, 15) is 4.79 Å². The minimum atomic E-state index is -0.195. The zero-order valence-corrected chi connectivity index (χ0v) is 8.86. The van der Waals surface area contributed by atoms with Gasteiger partial charge in [-0.25, -0.2) is 0 Å². The van der Waals surface area contributed by atoms with Crippen LogP contribution in [0.25, 0.3) is 0 Å². The summed E-state index contributed by atoms with van der Waals surface area (Å²) < 4.78 is 0. The molecule has 0 radical (unpaired) electrons.